The van der Waals surface area contributed by atoms with Crippen LogP contribution < -0.4 is 10.5 Å². The fourth-order valence-corrected chi connectivity index (χ4v) is 1.76. The number of anilines is 1. The molecule has 2 aromatic rings. The van der Waals surface area contributed by atoms with E-state index in [0.717, 1.165) is 12.1 Å². The van der Waals surface area contributed by atoms with Crippen molar-refractivity contribution in [1.82, 2.24) is 0 Å². The topological polar surface area (TPSA) is 35.2 Å². The minimum absolute atomic E-state index is 0.0276. The zero-order valence-corrected chi connectivity index (χ0v) is 10.8. The summed E-state index contributed by atoms with van der Waals surface area (Å²) < 4.78 is 80.2. The Morgan fingerprint density at radius 2 is 1.41 bits per heavy atom. The van der Waals surface area contributed by atoms with Crippen LogP contribution in [0.5, 0.6) is 5.75 Å². The van der Waals surface area contributed by atoms with Crippen LogP contribution >= 0.6 is 0 Å². The summed E-state index contributed by atoms with van der Waals surface area (Å²) in [6.07, 6.45) is -4.54. The molecule has 0 aliphatic heterocycles. The minimum Gasteiger partial charge on any atom is -0.484 e. The van der Waals surface area contributed by atoms with Gasteiger partial charge in [0, 0.05) is 11.8 Å². The lowest BCUT2D eigenvalue weighted by Crippen LogP contribution is -2.19. The van der Waals surface area contributed by atoms with Gasteiger partial charge in [0.1, 0.15) is 5.75 Å². The molecule has 22 heavy (non-hydrogen) atoms. The molecule has 0 fully saturated rings. The maximum absolute atomic E-state index is 13.2. The zero-order chi connectivity index (χ0) is 16.5. The summed E-state index contributed by atoms with van der Waals surface area (Å²) >= 11 is 0. The Hall–Kier alpha value is -2.38. The number of rotatable bonds is 3. The molecule has 0 spiro atoms. The predicted octanol–water partition coefficient (Wildman–Crippen LogP) is 4.29. The number of hydrogen-bond donors (Lipinski definition) is 1. The van der Waals surface area contributed by atoms with Crippen LogP contribution in [-0.4, -0.2) is 12.8 Å². The van der Waals surface area contributed by atoms with E-state index in [-0.39, 0.29) is 22.6 Å². The third-order valence-corrected chi connectivity index (χ3v) is 2.65. The van der Waals surface area contributed by atoms with Gasteiger partial charge < -0.3 is 10.5 Å². The van der Waals surface area contributed by atoms with E-state index in [1.54, 1.807) is 0 Å². The van der Waals surface area contributed by atoms with Crippen molar-refractivity contribution in [2.24, 2.45) is 0 Å². The van der Waals surface area contributed by atoms with Gasteiger partial charge in [-0.1, -0.05) is 0 Å². The lowest BCUT2D eigenvalue weighted by molar-refractivity contribution is -0.153. The number of nitrogens with two attached hydrogens (primary N) is 1. The Balaban J connectivity index is 2.38. The first-order valence-corrected chi connectivity index (χ1v) is 5.91. The van der Waals surface area contributed by atoms with E-state index in [4.69, 9.17) is 5.73 Å². The maximum atomic E-state index is 13.2. The average molecular weight is 321 g/mol. The number of benzene rings is 2. The van der Waals surface area contributed by atoms with Crippen molar-refractivity contribution in [2.75, 3.05) is 12.3 Å². The third-order valence-electron chi connectivity index (χ3n) is 2.65. The molecule has 0 saturated heterocycles. The SMILES string of the molecule is Nc1cc(OCC(F)(F)F)cc(-c2cc(F)c(F)c(F)c2)c1. The van der Waals surface area contributed by atoms with Crippen molar-refractivity contribution < 1.29 is 31.1 Å². The van der Waals surface area contributed by atoms with E-state index in [1.807, 2.05) is 0 Å². The van der Waals surface area contributed by atoms with Crippen LogP contribution in [0, 0.1) is 17.5 Å². The number of hydrogen-bond acceptors (Lipinski definition) is 2. The highest BCUT2D eigenvalue weighted by Gasteiger charge is 2.28. The van der Waals surface area contributed by atoms with Crippen LogP contribution in [0.15, 0.2) is 30.3 Å². The van der Waals surface area contributed by atoms with E-state index in [0.29, 0.717) is 12.1 Å². The van der Waals surface area contributed by atoms with E-state index >= 15 is 0 Å². The molecule has 0 saturated carbocycles. The van der Waals surface area contributed by atoms with Crippen LogP contribution in [0.2, 0.25) is 0 Å². The average Bonchev–Trinajstić information content (AvgIpc) is 2.40. The summed E-state index contributed by atoms with van der Waals surface area (Å²) in [6.45, 7) is -1.54. The van der Waals surface area contributed by atoms with Gasteiger partial charge in [-0.3, -0.25) is 0 Å². The Kier molecular flexibility index (Phi) is 4.20. The second kappa shape index (κ2) is 5.78. The van der Waals surface area contributed by atoms with Gasteiger partial charge >= 0.3 is 6.18 Å². The summed E-state index contributed by atoms with van der Waals surface area (Å²) in [6, 6.07) is 4.94. The van der Waals surface area contributed by atoms with Crippen LogP contribution in [0.3, 0.4) is 0 Å². The first-order valence-electron chi connectivity index (χ1n) is 5.91. The standard InChI is InChI=1S/C14H9F6NO/c15-11-3-8(4-12(16)13(11)17)7-1-9(21)5-10(2-7)22-6-14(18,19)20/h1-5H,6,21H2. The van der Waals surface area contributed by atoms with Gasteiger partial charge in [-0.05, 0) is 35.4 Å². The summed E-state index contributed by atoms with van der Waals surface area (Å²) in [7, 11) is 0. The lowest BCUT2D eigenvalue weighted by atomic mass is 10.0. The number of alkyl halides is 3. The Bertz CT molecular complexity index is 675. The molecule has 0 aliphatic carbocycles. The second-order valence-corrected chi connectivity index (χ2v) is 4.45. The Labute approximate surface area is 121 Å². The van der Waals surface area contributed by atoms with E-state index < -0.39 is 30.2 Å². The van der Waals surface area contributed by atoms with Crippen LogP contribution in [0.25, 0.3) is 11.1 Å². The largest absolute Gasteiger partial charge is 0.484 e. The van der Waals surface area contributed by atoms with Crippen LogP contribution in [-0.2, 0) is 0 Å². The Morgan fingerprint density at radius 1 is 0.864 bits per heavy atom. The monoisotopic (exact) mass is 321 g/mol. The predicted molar refractivity (Wildman–Crippen MR) is 67.7 cm³/mol. The third kappa shape index (κ3) is 3.84. The highest BCUT2D eigenvalue weighted by molar-refractivity contribution is 5.69. The van der Waals surface area contributed by atoms with Crippen LogP contribution in [0.1, 0.15) is 0 Å². The highest BCUT2D eigenvalue weighted by Crippen LogP contribution is 2.30. The molecule has 2 nitrogen and oxygen atoms in total. The van der Waals surface area contributed by atoms with Gasteiger partial charge in [0.15, 0.2) is 24.1 Å². The fraction of sp³-hybridized carbons (Fsp3) is 0.143. The fourth-order valence-electron chi connectivity index (χ4n) is 1.76. The summed E-state index contributed by atoms with van der Waals surface area (Å²) in [5.41, 5.74) is 5.56. The quantitative estimate of drug-likeness (QED) is 0.520. The van der Waals surface area contributed by atoms with Gasteiger partial charge in [-0.25, -0.2) is 13.2 Å². The van der Waals surface area contributed by atoms with Crippen molar-refractivity contribution >= 4 is 5.69 Å². The molecule has 0 atom stereocenters. The summed E-state index contributed by atoms with van der Waals surface area (Å²) in [5.74, 6) is -4.70. The van der Waals surface area contributed by atoms with Gasteiger partial charge in [0.25, 0.3) is 0 Å². The molecule has 2 rings (SSSR count). The van der Waals surface area contributed by atoms with Crippen molar-refractivity contribution in [3.63, 3.8) is 0 Å². The molecule has 0 aromatic heterocycles. The van der Waals surface area contributed by atoms with Crippen molar-refractivity contribution in [3.8, 4) is 16.9 Å². The molecule has 0 amide bonds. The smallest absolute Gasteiger partial charge is 0.422 e. The summed E-state index contributed by atoms with van der Waals surface area (Å²) in [5, 5.41) is 0. The highest BCUT2D eigenvalue weighted by atomic mass is 19.4. The Morgan fingerprint density at radius 3 is 1.95 bits per heavy atom. The molecule has 0 bridgehead atoms. The van der Waals surface area contributed by atoms with Crippen LogP contribution in [0.4, 0.5) is 32.0 Å². The summed E-state index contributed by atoms with van der Waals surface area (Å²) in [4.78, 5) is 0. The molecule has 0 radical (unpaired) electrons. The van der Waals surface area contributed by atoms with E-state index in [1.165, 1.54) is 6.07 Å². The number of halogens is 6. The first-order chi connectivity index (χ1) is 10.2. The first kappa shape index (κ1) is 16.0. The van der Waals surface area contributed by atoms with Crippen molar-refractivity contribution in [2.45, 2.75) is 6.18 Å². The number of nitrogen functional groups attached to an aromatic ring is 1. The zero-order valence-electron chi connectivity index (χ0n) is 10.8. The molecule has 2 N–H and O–H groups in total. The van der Waals surface area contributed by atoms with Gasteiger partial charge in [-0.2, -0.15) is 13.2 Å². The molecule has 2 aromatic carbocycles. The van der Waals surface area contributed by atoms with Gasteiger partial charge in [0.2, 0.25) is 0 Å². The minimum atomic E-state index is -4.54. The van der Waals surface area contributed by atoms with E-state index in [2.05, 4.69) is 4.74 Å². The second-order valence-electron chi connectivity index (χ2n) is 4.45. The molecule has 0 unspecified atom stereocenters. The van der Waals surface area contributed by atoms with Gasteiger partial charge in [0.05, 0.1) is 0 Å². The molecule has 0 aliphatic rings. The normalized spacial score (nSPS) is 11.5. The van der Waals surface area contributed by atoms with Crippen molar-refractivity contribution in [3.05, 3.63) is 47.8 Å². The molecule has 0 heterocycles. The molecular weight excluding hydrogens is 312 g/mol. The number of ether oxygens (including phenoxy) is 1. The van der Waals surface area contributed by atoms with Gasteiger partial charge in [-0.15, -0.1) is 0 Å². The molecule has 8 heteroatoms. The molecule has 118 valence electrons. The van der Waals surface area contributed by atoms with E-state index in [9.17, 15) is 26.3 Å². The maximum Gasteiger partial charge on any atom is 0.422 e. The van der Waals surface area contributed by atoms with Crippen molar-refractivity contribution in [1.29, 1.82) is 0 Å². The molecular formula is C14H9F6NO. The lowest BCUT2D eigenvalue weighted by Gasteiger charge is -2.12.